The third-order valence-corrected chi connectivity index (χ3v) is 2.90. The van der Waals surface area contributed by atoms with Crippen LogP contribution in [-0.4, -0.2) is 47.9 Å². The van der Waals surface area contributed by atoms with Crippen molar-refractivity contribution in [1.82, 2.24) is 0 Å². The van der Waals surface area contributed by atoms with Gasteiger partial charge >= 0.3 is 47.9 Å². The van der Waals surface area contributed by atoms with Gasteiger partial charge in [0.2, 0.25) is 0 Å². The first-order valence-electron chi connectivity index (χ1n) is 5.15. The molecule has 0 aliphatic heterocycles. The van der Waals surface area contributed by atoms with E-state index in [2.05, 4.69) is 0 Å². The Morgan fingerprint density at radius 1 is 0.192 bits per heavy atom. The van der Waals surface area contributed by atoms with Gasteiger partial charge in [-0.25, -0.2) is 13.2 Å². The van der Waals surface area contributed by atoms with E-state index >= 15 is 0 Å². The third kappa shape index (κ3) is 2.82. The summed E-state index contributed by atoms with van der Waals surface area (Å²) < 4.78 is 224. The van der Waals surface area contributed by atoms with Crippen LogP contribution in [0.5, 0.6) is 0 Å². The van der Waals surface area contributed by atoms with Gasteiger partial charge in [0, 0.05) is 0 Å². The Bertz CT molecular complexity index is 440. The van der Waals surface area contributed by atoms with Crippen molar-refractivity contribution in [1.29, 1.82) is 0 Å². The summed E-state index contributed by atoms with van der Waals surface area (Å²) in [6.45, 7) is 0. The van der Waals surface area contributed by atoms with Crippen LogP contribution >= 0.6 is 0 Å². The summed E-state index contributed by atoms with van der Waals surface area (Å²) in [6.07, 6.45) is -42.5. The van der Waals surface area contributed by atoms with E-state index in [9.17, 15) is 79.0 Å². The molecular formula is C8F18. The molecule has 0 fully saturated rings. The van der Waals surface area contributed by atoms with Crippen LogP contribution in [0, 0.1) is 0 Å². The van der Waals surface area contributed by atoms with Crippen LogP contribution in [0.15, 0.2) is 0 Å². The average Bonchev–Trinajstić information content (AvgIpc) is 2.28. The highest BCUT2D eigenvalue weighted by molar-refractivity contribution is 5.26. The zero-order valence-corrected chi connectivity index (χ0v) is 10.8. The molecule has 18 heteroatoms. The van der Waals surface area contributed by atoms with E-state index in [0.717, 1.165) is 0 Å². The molecule has 0 bridgehead atoms. The fourth-order valence-electron chi connectivity index (χ4n) is 1.73. The first kappa shape index (κ1) is 24.7. The summed E-state index contributed by atoms with van der Waals surface area (Å²) in [5.41, 5.74) is -27.2. The lowest BCUT2D eigenvalue weighted by atomic mass is 9.71. The number of halogens is 18. The minimum atomic E-state index is -9.25. The highest BCUT2D eigenvalue weighted by Crippen LogP contribution is 2.68. The van der Waals surface area contributed by atoms with Crippen LogP contribution in [0.2, 0.25) is 0 Å². The van der Waals surface area contributed by atoms with Gasteiger partial charge in [0.15, 0.2) is 0 Å². The monoisotopic (exact) mass is 438 g/mol. The van der Waals surface area contributed by atoms with Gasteiger partial charge in [0.25, 0.3) is 0 Å². The van der Waals surface area contributed by atoms with Gasteiger partial charge < -0.3 is 0 Å². The predicted molar refractivity (Wildman–Crippen MR) is 41.8 cm³/mol. The van der Waals surface area contributed by atoms with Gasteiger partial charge in [0.05, 0.1) is 0 Å². The summed E-state index contributed by atoms with van der Waals surface area (Å²) >= 11 is 0. The Labute approximate surface area is 128 Å². The van der Waals surface area contributed by atoms with Crippen molar-refractivity contribution in [2.45, 2.75) is 47.9 Å². The fraction of sp³-hybridized carbons (Fsp3) is 1.00. The van der Waals surface area contributed by atoms with Crippen molar-refractivity contribution in [2.75, 3.05) is 0 Å². The highest BCUT2D eigenvalue weighted by atomic mass is 19.4. The second-order valence-electron chi connectivity index (χ2n) is 4.46. The van der Waals surface area contributed by atoms with Crippen molar-refractivity contribution >= 4 is 0 Å². The average molecular weight is 438 g/mol. The number of hydrogen-bond acceptors (Lipinski definition) is 0. The highest BCUT2D eigenvalue weighted by Gasteiger charge is 3.02. The summed E-state index contributed by atoms with van der Waals surface area (Å²) in [5.74, 6) is 0. The Kier molecular flexibility index (Phi) is 5.35. The van der Waals surface area contributed by atoms with Crippen LogP contribution in [0.3, 0.4) is 0 Å². The number of rotatable bonds is 2. The number of alkyl halides is 18. The molecule has 0 unspecified atom stereocenters. The second kappa shape index (κ2) is 5.62. The molecule has 0 rings (SSSR count). The summed E-state index contributed by atoms with van der Waals surface area (Å²) in [5, 5.41) is 0. The van der Waals surface area contributed by atoms with Gasteiger partial charge in [-0.3, -0.25) is 0 Å². The summed E-state index contributed by atoms with van der Waals surface area (Å²) in [4.78, 5) is 0. The molecule has 158 valence electrons. The maximum atomic E-state index is 13.6. The Hall–Kier alpha value is -1.26. The van der Waals surface area contributed by atoms with Crippen LogP contribution in [0.25, 0.3) is 0 Å². The fourth-order valence-corrected chi connectivity index (χ4v) is 1.73. The molecule has 0 aromatic heterocycles. The van der Waals surface area contributed by atoms with Crippen molar-refractivity contribution in [3.63, 3.8) is 0 Å². The normalized spacial score (nSPS) is 16.8. The smallest absolute Gasteiger partial charge is 0.225 e. The largest absolute Gasteiger partial charge is 0.435 e. The number of hydrogen-bond donors (Lipinski definition) is 0. The Morgan fingerprint density at radius 2 is 0.308 bits per heavy atom. The maximum Gasteiger partial charge on any atom is 0.435 e. The second-order valence-corrected chi connectivity index (χ2v) is 4.46. The minimum absolute atomic E-state index is 8.45. The Balaban J connectivity index is 7.68. The lowest BCUT2D eigenvalue weighted by Crippen LogP contribution is -2.83. The summed E-state index contributed by atoms with van der Waals surface area (Å²) in [6, 6.07) is 0. The lowest BCUT2D eigenvalue weighted by Gasteiger charge is -2.48. The predicted octanol–water partition coefficient (Wildman–Crippen LogP) is 5.92. The molecule has 0 radical (unpaired) electrons. The molecule has 0 nitrogen and oxygen atoms in total. The molecule has 0 aliphatic carbocycles. The first-order valence-corrected chi connectivity index (χ1v) is 5.15. The molecule has 0 aromatic carbocycles. The van der Waals surface area contributed by atoms with Gasteiger partial charge in [-0.2, -0.15) is 65.9 Å². The standard InChI is InChI=1S/C8F18/c9-1(4(12,13)14,2(10,5(15,16)17)6(18,19)20)3(11,7(21,22)23)8(24,25)26. The molecule has 0 amide bonds. The van der Waals surface area contributed by atoms with Crippen LogP contribution in [-0.2, 0) is 0 Å². The van der Waals surface area contributed by atoms with E-state index in [1.54, 1.807) is 0 Å². The molecule has 26 heavy (non-hydrogen) atoms. The minimum Gasteiger partial charge on any atom is -0.225 e. The molecule has 0 aromatic rings. The molecule has 0 N–H and O–H groups in total. The van der Waals surface area contributed by atoms with E-state index in [0.29, 0.717) is 0 Å². The third-order valence-electron chi connectivity index (χ3n) is 2.90. The SMILES string of the molecule is FC(F)(F)C(F)(C(F)(F)F)C(F)(C(F)(F)F)C(F)(C(F)(F)F)C(F)(F)F. The van der Waals surface area contributed by atoms with Gasteiger partial charge in [0.1, 0.15) is 0 Å². The van der Waals surface area contributed by atoms with Crippen molar-refractivity contribution in [2.24, 2.45) is 0 Å². The lowest BCUT2D eigenvalue weighted by molar-refractivity contribution is -0.483. The zero-order chi connectivity index (χ0) is 22.0. The molecule has 0 heterocycles. The van der Waals surface area contributed by atoms with E-state index in [4.69, 9.17) is 0 Å². The van der Waals surface area contributed by atoms with E-state index < -0.39 is 47.9 Å². The topological polar surface area (TPSA) is 0 Å². The Morgan fingerprint density at radius 3 is 0.385 bits per heavy atom. The van der Waals surface area contributed by atoms with Crippen molar-refractivity contribution in [3.8, 4) is 0 Å². The molecule has 0 atom stereocenters. The zero-order valence-electron chi connectivity index (χ0n) is 10.8. The molecule has 0 spiro atoms. The maximum absolute atomic E-state index is 13.6. The van der Waals surface area contributed by atoms with Crippen molar-refractivity contribution < 1.29 is 79.0 Å². The van der Waals surface area contributed by atoms with E-state index in [-0.39, 0.29) is 0 Å². The van der Waals surface area contributed by atoms with Crippen LogP contribution in [0.4, 0.5) is 79.0 Å². The summed E-state index contributed by atoms with van der Waals surface area (Å²) in [7, 11) is 0. The van der Waals surface area contributed by atoms with E-state index in [1.165, 1.54) is 0 Å². The van der Waals surface area contributed by atoms with Gasteiger partial charge in [-0.05, 0) is 0 Å². The molecule has 0 aliphatic rings. The molecule has 0 saturated carbocycles. The van der Waals surface area contributed by atoms with Crippen molar-refractivity contribution in [3.05, 3.63) is 0 Å². The van der Waals surface area contributed by atoms with Gasteiger partial charge in [-0.1, -0.05) is 0 Å². The molecular weight excluding hydrogens is 438 g/mol. The quantitative estimate of drug-likeness (QED) is 0.470. The van der Waals surface area contributed by atoms with Gasteiger partial charge in [-0.15, -0.1) is 0 Å². The first-order chi connectivity index (χ1) is 10.8. The van der Waals surface area contributed by atoms with Crippen LogP contribution < -0.4 is 0 Å². The molecule has 0 saturated heterocycles. The van der Waals surface area contributed by atoms with E-state index in [1.807, 2.05) is 0 Å². The van der Waals surface area contributed by atoms with Crippen LogP contribution in [0.1, 0.15) is 0 Å².